The lowest BCUT2D eigenvalue weighted by Gasteiger charge is -2.34. The van der Waals surface area contributed by atoms with Crippen LogP contribution in [0, 0.1) is 0 Å². The minimum Gasteiger partial charge on any atom is -0.459 e. The molecule has 0 spiro atoms. The van der Waals surface area contributed by atoms with E-state index in [0.717, 1.165) is 0 Å². The highest BCUT2D eigenvalue weighted by Crippen LogP contribution is 2.32. The molecule has 0 aliphatic carbocycles. The highest BCUT2D eigenvalue weighted by molar-refractivity contribution is 5.85. The smallest absolute Gasteiger partial charge is 0.412 e. The predicted molar refractivity (Wildman–Crippen MR) is 63.9 cm³/mol. The number of esters is 1. The summed E-state index contributed by atoms with van der Waals surface area (Å²) in [5.41, 5.74) is -1.34. The van der Waals surface area contributed by atoms with Gasteiger partial charge in [-0.15, -0.1) is 0 Å². The summed E-state index contributed by atoms with van der Waals surface area (Å²) in [6.45, 7) is 5.92. The molecule has 6 nitrogen and oxygen atoms in total. The highest BCUT2D eigenvalue weighted by Gasteiger charge is 2.52. The van der Waals surface area contributed by atoms with Crippen LogP contribution in [-0.2, 0) is 19.0 Å². The Morgan fingerprint density at radius 2 is 2.06 bits per heavy atom. The second-order valence-corrected chi connectivity index (χ2v) is 4.40. The van der Waals surface area contributed by atoms with Gasteiger partial charge in [-0.3, -0.25) is 4.90 Å². The first-order valence-electron chi connectivity index (χ1n) is 6.18. The average molecular weight is 259 g/mol. The van der Waals surface area contributed by atoms with E-state index in [1.54, 1.807) is 20.8 Å². The second-order valence-electron chi connectivity index (χ2n) is 4.40. The monoisotopic (exact) mass is 259 g/mol. The Labute approximate surface area is 107 Å². The summed E-state index contributed by atoms with van der Waals surface area (Å²) in [6.07, 6.45) is 0.306. The summed E-state index contributed by atoms with van der Waals surface area (Å²) in [5, 5.41) is 0. The van der Waals surface area contributed by atoms with E-state index in [0.29, 0.717) is 19.4 Å². The van der Waals surface area contributed by atoms with Gasteiger partial charge in [-0.1, -0.05) is 0 Å². The van der Waals surface area contributed by atoms with E-state index in [-0.39, 0.29) is 12.7 Å². The Morgan fingerprint density at radius 3 is 2.56 bits per heavy atom. The number of carbonyl (C=O) groups is 2. The van der Waals surface area contributed by atoms with Crippen LogP contribution in [0.3, 0.4) is 0 Å². The maximum Gasteiger partial charge on any atom is 0.412 e. The molecule has 6 heteroatoms. The molecule has 1 fully saturated rings. The molecule has 1 saturated heterocycles. The molecule has 1 amide bonds. The predicted octanol–water partition coefficient (Wildman–Crippen LogP) is 1.53. The second kappa shape index (κ2) is 6.04. The third kappa shape index (κ3) is 2.75. The SMILES string of the molecule is CCOC(=O)N1CCC[C@@]1(OC)C(=O)OC(C)C. The molecule has 1 rings (SSSR count). The molecule has 104 valence electrons. The van der Waals surface area contributed by atoms with Crippen LogP contribution in [0.4, 0.5) is 4.79 Å². The van der Waals surface area contributed by atoms with Gasteiger partial charge in [0.05, 0.1) is 12.7 Å². The zero-order chi connectivity index (χ0) is 13.8. The van der Waals surface area contributed by atoms with Crippen LogP contribution in [0.1, 0.15) is 33.6 Å². The Bertz CT molecular complexity index is 318. The van der Waals surface area contributed by atoms with Crippen molar-refractivity contribution < 1.29 is 23.8 Å². The van der Waals surface area contributed by atoms with Crippen LogP contribution in [0.5, 0.6) is 0 Å². The summed E-state index contributed by atoms with van der Waals surface area (Å²) in [7, 11) is 1.40. The Kier molecular flexibility index (Phi) is 4.95. The number of carbonyl (C=O) groups excluding carboxylic acids is 2. The Balaban J connectivity index is 2.90. The van der Waals surface area contributed by atoms with Crippen molar-refractivity contribution in [3.8, 4) is 0 Å². The zero-order valence-electron chi connectivity index (χ0n) is 11.4. The van der Waals surface area contributed by atoms with E-state index in [1.807, 2.05) is 0 Å². The van der Waals surface area contributed by atoms with Gasteiger partial charge in [0.25, 0.3) is 0 Å². The van der Waals surface area contributed by atoms with Crippen molar-refractivity contribution in [2.45, 2.75) is 45.4 Å². The molecule has 0 N–H and O–H groups in total. The minimum atomic E-state index is -1.34. The number of ether oxygens (including phenoxy) is 3. The number of rotatable bonds is 4. The molecule has 0 aromatic heterocycles. The lowest BCUT2D eigenvalue weighted by atomic mass is 10.1. The summed E-state index contributed by atoms with van der Waals surface area (Å²) in [6, 6.07) is 0. The number of hydrogen-bond acceptors (Lipinski definition) is 5. The average Bonchev–Trinajstić information content (AvgIpc) is 2.73. The van der Waals surface area contributed by atoms with Gasteiger partial charge in [0.15, 0.2) is 0 Å². The fourth-order valence-electron chi connectivity index (χ4n) is 2.05. The normalized spacial score (nSPS) is 23.3. The van der Waals surface area contributed by atoms with E-state index in [2.05, 4.69) is 0 Å². The third-order valence-electron chi connectivity index (χ3n) is 2.82. The van der Waals surface area contributed by atoms with Crippen molar-refractivity contribution in [2.75, 3.05) is 20.3 Å². The molecular weight excluding hydrogens is 238 g/mol. The van der Waals surface area contributed by atoms with Crippen molar-refractivity contribution in [2.24, 2.45) is 0 Å². The molecule has 0 saturated carbocycles. The molecule has 0 aromatic rings. The molecule has 18 heavy (non-hydrogen) atoms. The van der Waals surface area contributed by atoms with E-state index in [9.17, 15) is 9.59 Å². The lowest BCUT2D eigenvalue weighted by Crippen LogP contribution is -2.55. The number of amides is 1. The minimum absolute atomic E-state index is 0.255. The summed E-state index contributed by atoms with van der Waals surface area (Å²) < 4.78 is 15.4. The van der Waals surface area contributed by atoms with Crippen LogP contribution in [0.25, 0.3) is 0 Å². The van der Waals surface area contributed by atoms with E-state index in [4.69, 9.17) is 14.2 Å². The largest absolute Gasteiger partial charge is 0.459 e. The van der Waals surface area contributed by atoms with Gasteiger partial charge in [-0.25, -0.2) is 9.59 Å². The summed E-state index contributed by atoms with van der Waals surface area (Å²) in [5.74, 6) is -0.537. The zero-order valence-corrected chi connectivity index (χ0v) is 11.4. The van der Waals surface area contributed by atoms with Gasteiger partial charge in [0.2, 0.25) is 5.72 Å². The first kappa shape index (κ1) is 14.8. The van der Waals surface area contributed by atoms with Crippen molar-refractivity contribution >= 4 is 12.1 Å². The van der Waals surface area contributed by atoms with Gasteiger partial charge in [-0.05, 0) is 27.2 Å². The first-order valence-corrected chi connectivity index (χ1v) is 6.18. The maximum atomic E-state index is 12.1. The summed E-state index contributed by atoms with van der Waals surface area (Å²) >= 11 is 0. The Morgan fingerprint density at radius 1 is 1.39 bits per heavy atom. The quantitative estimate of drug-likeness (QED) is 0.716. The van der Waals surface area contributed by atoms with Crippen LogP contribution in [0.2, 0.25) is 0 Å². The molecule has 0 bridgehead atoms. The van der Waals surface area contributed by atoms with E-state index < -0.39 is 17.8 Å². The van der Waals surface area contributed by atoms with Crippen molar-refractivity contribution in [1.29, 1.82) is 0 Å². The molecule has 0 aromatic carbocycles. The fourth-order valence-corrected chi connectivity index (χ4v) is 2.05. The number of nitrogens with zero attached hydrogens (tertiary/aromatic N) is 1. The van der Waals surface area contributed by atoms with Crippen molar-refractivity contribution in [1.82, 2.24) is 4.90 Å². The number of likely N-dealkylation sites (tertiary alicyclic amines) is 1. The van der Waals surface area contributed by atoms with Crippen molar-refractivity contribution in [3.05, 3.63) is 0 Å². The molecule has 1 heterocycles. The first-order chi connectivity index (χ1) is 8.47. The lowest BCUT2D eigenvalue weighted by molar-refractivity contribution is -0.190. The fraction of sp³-hybridized carbons (Fsp3) is 0.833. The van der Waals surface area contributed by atoms with Crippen molar-refractivity contribution in [3.63, 3.8) is 0 Å². The molecular formula is C12H21NO5. The van der Waals surface area contributed by atoms with Gasteiger partial charge < -0.3 is 14.2 Å². The van der Waals surface area contributed by atoms with Gasteiger partial charge in [0, 0.05) is 20.1 Å². The molecule has 1 aliphatic heterocycles. The van der Waals surface area contributed by atoms with E-state index >= 15 is 0 Å². The van der Waals surface area contributed by atoms with Gasteiger partial charge in [-0.2, -0.15) is 0 Å². The number of methoxy groups -OCH3 is 1. The van der Waals surface area contributed by atoms with Gasteiger partial charge in [0.1, 0.15) is 0 Å². The van der Waals surface area contributed by atoms with E-state index in [1.165, 1.54) is 12.0 Å². The van der Waals surface area contributed by atoms with Crippen LogP contribution < -0.4 is 0 Å². The van der Waals surface area contributed by atoms with Crippen LogP contribution in [0.15, 0.2) is 0 Å². The highest BCUT2D eigenvalue weighted by atomic mass is 16.6. The maximum absolute atomic E-state index is 12.1. The molecule has 0 unspecified atom stereocenters. The summed E-state index contributed by atoms with van der Waals surface area (Å²) in [4.78, 5) is 25.3. The molecule has 1 atom stereocenters. The van der Waals surface area contributed by atoms with Crippen LogP contribution in [-0.4, -0.2) is 49.1 Å². The standard InChI is InChI=1S/C12H21NO5/c1-5-17-11(15)13-8-6-7-12(13,16-4)10(14)18-9(2)3/h9H,5-8H2,1-4H3/t12-/m1/s1. The Hall–Kier alpha value is -1.30. The third-order valence-corrected chi connectivity index (χ3v) is 2.82. The van der Waals surface area contributed by atoms with Gasteiger partial charge >= 0.3 is 12.1 Å². The number of hydrogen-bond donors (Lipinski definition) is 0. The molecule has 1 aliphatic rings. The van der Waals surface area contributed by atoms with Crippen LogP contribution >= 0.6 is 0 Å². The topological polar surface area (TPSA) is 65.1 Å². The molecule has 0 radical (unpaired) electrons.